The molecule has 1 aromatic heterocycles. The molecule has 3 rings (SSSR count). The second-order valence-corrected chi connectivity index (χ2v) is 4.61. The van der Waals surface area contributed by atoms with Gasteiger partial charge in [-0.25, -0.2) is 0 Å². The highest BCUT2D eigenvalue weighted by molar-refractivity contribution is 6.11. The minimum atomic E-state index is -0.522. The minimum absolute atomic E-state index is 0.0717. The van der Waals surface area contributed by atoms with Crippen LogP contribution in [0.2, 0.25) is 0 Å². The molecule has 21 heavy (non-hydrogen) atoms. The number of nitrogen functional groups attached to an aromatic ring is 1. The van der Waals surface area contributed by atoms with E-state index >= 15 is 0 Å². The van der Waals surface area contributed by atoms with Crippen LogP contribution in [0, 0.1) is 0 Å². The molecule has 0 bridgehead atoms. The third kappa shape index (κ3) is 2.36. The van der Waals surface area contributed by atoms with Gasteiger partial charge in [0, 0.05) is 11.1 Å². The predicted octanol–water partition coefficient (Wildman–Crippen LogP) is 2.36. The number of benzene rings is 2. The molecule has 5 heteroatoms. The summed E-state index contributed by atoms with van der Waals surface area (Å²) in [6, 6.07) is 16.0. The smallest absolute Gasteiger partial charge is 0.263 e. The number of nitrogens with two attached hydrogens (primary N) is 1. The lowest BCUT2D eigenvalue weighted by atomic mass is 10.1. The van der Waals surface area contributed by atoms with Crippen LogP contribution < -0.4 is 16.6 Å². The van der Waals surface area contributed by atoms with Gasteiger partial charge in [0.1, 0.15) is 5.56 Å². The molecule has 0 aliphatic carbocycles. The summed E-state index contributed by atoms with van der Waals surface area (Å²) in [6.45, 7) is 0. The van der Waals surface area contributed by atoms with E-state index in [1.165, 1.54) is 0 Å². The molecule has 5 nitrogen and oxygen atoms in total. The van der Waals surface area contributed by atoms with Crippen molar-refractivity contribution in [2.75, 3.05) is 11.1 Å². The van der Waals surface area contributed by atoms with Crippen molar-refractivity contribution in [3.05, 3.63) is 70.5 Å². The highest BCUT2D eigenvalue weighted by Gasteiger charge is 2.17. The number of fused-ring (bicyclic) bond motifs is 1. The lowest BCUT2D eigenvalue weighted by Crippen LogP contribution is -2.25. The van der Waals surface area contributed by atoms with Crippen molar-refractivity contribution in [1.82, 2.24) is 4.98 Å². The Balaban J connectivity index is 2.08. The standard InChI is InChI=1S/C16H13N3O2/c17-14-11-8-4-5-9-12(11)19-16(21)13(14)15(20)18-10-6-2-1-3-7-10/h1-9H,(H,18,20)(H3,17,19,21). The molecule has 104 valence electrons. The zero-order chi connectivity index (χ0) is 14.8. The third-order valence-corrected chi connectivity index (χ3v) is 3.22. The number of hydrogen-bond donors (Lipinski definition) is 3. The van der Waals surface area contributed by atoms with E-state index in [9.17, 15) is 9.59 Å². The molecule has 0 aliphatic rings. The fraction of sp³-hybridized carbons (Fsp3) is 0. The monoisotopic (exact) mass is 279 g/mol. The summed E-state index contributed by atoms with van der Waals surface area (Å²) in [5, 5.41) is 3.31. The van der Waals surface area contributed by atoms with Gasteiger partial charge in [0.15, 0.2) is 0 Å². The molecular weight excluding hydrogens is 266 g/mol. The largest absolute Gasteiger partial charge is 0.397 e. The number of hydrogen-bond acceptors (Lipinski definition) is 3. The van der Waals surface area contributed by atoms with Crippen LogP contribution in [0.25, 0.3) is 10.9 Å². The van der Waals surface area contributed by atoms with Gasteiger partial charge in [0.05, 0.1) is 11.2 Å². The Morgan fingerprint density at radius 2 is 1.67 bits per heavy atom. The van der Waals surface area contributed by atoms with E-state index in [1.807, 2.05) is 6.07 Å². The first-order valence-electron chi connectivity index (χ1n) is 6.43. The van der Waals surface area contributed by atoms with E-state index in [2.05, 4.69) is 10.3 Å². The van der Waals surface area contributed by atoms with Gasteiger partial charge in [-0.3, -0.25) is 9.59 Å². The van der Waals surface area contributed by atoms with Crippen LogP contribution in [0.4, 0.5) is 11.4 Å². The highest BCUT2D eigenvalue weighted by Crippen LogP contribution is 2.20. The zero-order valence-corrected chi connectivity index (χ0v) is 11.1. The normalized spacial score (nSPS) is 10.5. The maximum Gasteiger partial charge on any atom is 0.263 e. The number of H-pyrrole nitrogens is 1. The second kappa shape index (κ2) is 5.13. The second-order valence-electron chi connectivity index (χ2n) is 4.61. The van der Waals surface area contributed by atoms with Crippen LogP contribution in [0.5, 0.6) is 0 Å². The third-order valence-electron chi connectivity index (χ3n) is 3.22. The number of aromatic nitrogens is 1. The Bertz CT molecular complexity index is 870. The molecule has 0 atom stereocenters. The number of nitrogens with one attached hydrogen (secondary N) is 2. The van der Waals surface area contributed by atoms with Crippen molar-refractivity contribution >= 4 is 28.2 Å². The first kappa shape index (κ1) is 12.9. The fourth-order valence-electron chi connectivity index (χ4n) is 2.21. The molecule has 0 saturated heterocycles. The Hall–Kier alpha value is -3.08. The highest BCUT2D eigenvalue weighted by atomic mass is 16.2. The lowest BCUT2D eigenvalue weighted by molar-refractivity contribution is 0.102. The zero-order valence-electron chi connectivity index (χ0n) is 11.1. The first-order chi connectivity index (χ1) is 10.2. The van der Waals surface area contributed by atoms with E-state index in [1.54, 1.807) is 48.5 Å². The van der Waals surface area contributed by atoms with Gasteiger partial charge in [-0.1, -0.05) is 36.4 Å². The van der Waals surface area contributed by atoms with Crippen LogP contribution in [0.15, 0.2) is 59.4 Å². The number of anilines is 2. The number of carbonyl (C=O) groups is 1. The van der Waals surface area contributed by atoms with E-state index in [0.29, 0.717) is 16.6 Å². The van der Waals surface area contributed by atoms with Crippen molar-refractivity contribution in [1.29, 1.82) is 0 Å². The minimum Gasteiger partial charge on any atom is -0.397 e. The lowest BCUT2D eigenvalue weighted by Gasteiger charge is -2.09. The van der Waals surface area contributed by atoms with Crippen molar-refractivity contribution in [2.45, 2.75) is 0 Å². The first-order valence-corrected chi connectivity index (χ1v) is 6.43. The maximum absolute atomic E-state index is 12.3. The fourth-order valence-corrected chi connectivity index (χ4v) is 2.21. The molecule has 0 aliphatic heterocycles. The summed E-state index contributed by atoms with van der Waals surface area (Å²) in [7, 11) is 0. The Labute approximate surface area is 120 Å². The van der Waals surface area contributed by atoms with Crippen molar-refractivity contribution < 1.29 is 4.79 Å². The van der Waals surface area contributed by atoms with Gasteiger partial charge in [-0.15, -0.1) is 0 Å². The summed E-state index contributed by atoms with van der Waals surface area (Å²) in [4.78, 5) is 27.0. The van der Waals surface area contributed by atoms with E-state index in [0.717, 1.165) is 0 Å². The number of para-hydroxylation sites is 2. The molecular formula is C16H13N3O2. The summed E-state index contributed by atoms with van der Waals surface area (Å²) in [6.07, 6.45) is 0. The molecule has 0 saturated carbocycles. The molecule has 0 fully saturated rings. The Kier molecular flexibility index (Phi) is 3.16. The van der Waals surface area contributed by atoms with Gasteiger partial charge < -0.3 is 16.0 Å². The van der Waals surface area contributed by atoms with Crippen molar-refractivity contribution in [3.8, 4) is 0 Å². The molecule has 1 heterocycles. The number of pyridine rings is 1. The maximum atomic E-state index is 12.3. The molecule has 0 spiro atoms. The molecule has 3 aromatic rings. The number of rotatable bonds is 2. The molecule has 4 N–H and O–H groups in total. The summed E-state index contributed by atoms with van der Waals surface area (Å²) in [5.41, 5.74) is 6.82. The van der Waals surface area contributed by atoms with E-state index in [-0.39, 0.29) is 11.3 Å². The Morgan fingerprint density at radius 3 is 2.43 bits per heavy atom. The SMILES string of the molecule is Nc1c(C(=O)Nc2ccccc2)c(=O)[nH]c2ccccc12. The summed E-state index contributed by atoms with van der Waals surface area (Å²) in [5.74, 6) is -0.522. The predicted molar refractivity (Wildman–Crippen MR) is 83.4 cm³/mol. The van der Waals surface area contributed by atoms with Crippen LogP contribution >= 0.6 is 0 Å². The van der Waals surface area contributed by atoms with Crippen LogP contribution in [0.3, 0.4) is 0 Å². The van der Waals surface area contributed by atoms with Gasteiger partial charge in [0.25, 0.3) is 11.5 Å². The quantitative estimate of drug-likeness (QED) is 0.673. The summed E-state index contributed by atoms with van der Waals surface area (Å²) < 4.78 is 0. The van der Waals surface area contributed by atoms with Crippen molar-refractivity contribution in [3.63, 3.8) is 0 Å². The molecule has 0 radical (unpaired) electrons. The molecule has 0 unspecified atom stereocenters. The molecule has 1 amide bonds. The van der Waals surface area contributed by atoms with Gasteiger partial charge in [-0.05, 0) is 18.2 Å². The average Bonchev–Trinajstić information content (AvgIpc) is 2.48. The summed E-state index contributed by atoms with van der Waals surface area (Å²) >= 11 is 0. The van der Waals surface area contributed by atoms with Crippen LogP contribution in [0.1, 0.15) is 10.4 Å². The molecule has 2 aromatic carbocycles. The van der Waals surface area contributed by atoms with E-state index < -0.39 is 11.5 Å². The van der Waals surface area contributed by atoms with Crippen LogP contribution in [-0.2, 0) is 0 Å². The van der Waals surface area contributed by atoms with E-state index in [4.69, 9.17) is 5.73 Å². The Morgan fingerprint density at radius 1 is 1.00 bits per heavy atom. The topological polar surface area (TPSA) is 88.0 Å². The van der Waals surface area contributed by atoms with Gasteiger partial charge >= 0.3 is 0 Å². The van der Waals surface area contributed by atoms with Gasteiger partial charge in [0.2, 0.25) is 0 Å². The number of carbonyl (C=O) groups excluding carboxylic acids is 1. The number of amides is 1. The van der Waals surface area contributed by atoms with Crippen LogP contribution in [-0.4, -0.2) is 10.9 Å². The van der Waals surface area contributed by atoms with Gasteiger partial charge in [-0.2, -0.15) is 0 Å². The average molecular weight is 279 g/mol. The number of aromatic amines is 1. The van der Waals surface area contributed by atoms with Crippen molar-refractivity contribution in [2.24, 2.45) is 0 Å².